The standard InChI is InChI=1S/C42H33NS2/c1-3-16-31(17-4-1)45(32-18-5-2-6-19-32,41-28-14-24-37-36-23-9-12-27-40(36)44-42(37)41)33-20-13-15-30(29-33)43-38-25-10-7-21-34(38)35-22-8-11-26-39(35)43/h1-7,9-21,23-29,36,40H,8,22H2. The summed E-state index contributed by atoms with van der Waals surface area (Å²) in [5.41, 5.74) is 6.74. The minimum absolute atomic E-state index is 0.412. The number of hydrogen-bond donors (Lipinski definition) is 0. The summed E-state index contributed by atoms with van der Waals surface area (Å²) in [6.45, 7) is 0. The summed E-state index contributed by atoms with van der Waals surface area (Å²) in [7, 11) is -1.87. The highest BCUT2D eigenvalue weighted by molar-refractivity contribution is 8.34. The number of hydrogen-bond acceptors (Lipinski definition) is 1. The van der Waals surface area contributed by atoms with Crippen LogP contribution in [0.5, 0.6) is 0 Å². The quantitative estimate of drug-likeness (QED) is 0.187. The maximum absolute atomic E-state index is 2.50. The smallest absolute Gasteiger partial charge is 0.0537 e. The van der Waals surface area contributed by atoms with Crippen LogP contribution in [0.2, 0.25) is 0 Å². The van der Waals surface area contributed by atoms with Crippen LogP contribution in [0.25, 0.3) is 22.7 Å². The maximum Gasteiger partial charge on any atom is 0.0537 e. The predicted octanol–water partition coefficient (Wildman–Crippen LogP) is 11.6. The van der Waals surface area contributed by atoms with E-state index in [1.807, 2.05) is 11.8 Å². The predicted molar refractivity (Wildman–Crippen MR) is 191 cm³/mol. The molecule has 2 atom stereocenters. The first-order chi connectivity index (χ1) is 22.3. The highest BCUT2D eigenvalue weighted by Gasteiger charge is 2.40. The molecule has 0 spiro atoms. The Kier molecular flexibility index (Phi) is 6.50. The zero-order valence-electron chi connectivity index (χ0n) is 24.9. The summed E-state index contributed by atoms with van der Waals surface area (Å²) in [5, 5.41) is 1.80. The number of rotatable bonds is 5. The lowest BCUT2D eigenvalue weighted by atomic mass is 9.93. The largest absolute Gasteiger partial charge is 0.310 e. The molecule has 3 heteroatoms. The van der Waals surface area contributed by atoms with Gasteiger partial charge in [0.2, 0.25) is 0 Å². The van der Waals surface area contributed by atoms with Crippen molar-refractivity contribution in [2.75, 3.05) is 0 Å². The normalized spacial score (nSPS) is 18.5. The molecule has 9 rings (SSSR count). The van der Waals surface area contributed by atoms with E-state index in [4.69, 9.17) is 0 Å². The first-order valence-corrected chi connectivity index (χ1v) is 18.3. The Labute approximate surface area is 271 Å². The summed E-state index contributed by atoms with van der Waals surface area (Å²) in [5.74, 6) is 0.412. The topological polar surface area (TPSA) is 4.93 Å². The molecule has 0 bridgehead atoms. The van der Waals surface area contributed by atoms with Gasteiger partial charge in [0, 0.05) is 52.4 Å². The molecule has 0 saturated heterocycles. The third-order valence-corrected chi connectivity index (χ3v) is 15.0. The minimum atomic E-state index is -1.87. The van der Waals surface area contributed by atoms with Crippen molar-refractivity contribution in [3.63, 3.8) is 0 Å². The van der Waals surface area contributed by atoms with Crippen LogP contribution in [-0.4, -0.2) is 9.82 Å². The van der Waals surface area contributed by atoms with Gasteiger partial charge in [-0.15, -0.1) is 21.8 Å². The van der Waals surface area contributed by atoms with E-state index in [2.05, 4.69) is 168 Å². The van der Waals surface area contributed by atoms with E-state index in [1.165, 1.54) is 57.9 Å². The molecule has 2 unspecified atom stereocenters. The van der Waals surface area contributed by atoms with E-state index >= 15 is 0 Å². The van der Waals surface area contributed by atoms with E-state index in [1.54, 1.807) is 0 Å². The molecule has 218 valence electrons. The van der Waals surface area contributed by atoms with E-state index in [-0.39, 0.29) is 0 Å². The molecule has 3 aliphatic rings. The first kappa shape index (κ1) is 26.9. The number of benzene rings is 5. The van der Waals surface area contributed by atoms with Gasteiger partial charge >= 0.3 is 0 Å². The van der Waals surface area contributed by atoms with Crippen LogP contribution >= 0.6 is 21.8 Å². The molecule has 5 aromatic carbocycles. The van der Waals surface area contributed by atoms with Gasteiger partial charge in [-0.25, -0.2) is 0 Å². The second-order valence-corrected chi connectivity index (χ2v) is 16.2. The SMILES string of the molecule is C1=CC2Sc3c(cccc3S(c3ccccc3)(c3ccccc3)c3cccc(-n4c5c(c6ccccc64)CCC=C5)c3)C2C=C1. The van der Waals surface area contributed by atoms with Crippen molar-refractivity contribution in [1.82, 2.24) is 4.57 Å². The number of thioether (sulfide) groups is 1. The number of aryl methyl sites for hydroxylation is 1. The highest BCUT2D eigenvalue weighted by Crippen LogP contribution is 2.76. The van der Waals surface area contributed by atoms with Crippen molar-refractivity contribution < 1.29 is 0 Å². The van der Waals surface area contributed by atoms with Gasteiger partial charge in [-0.2, -0.15) is 0 Å². The van der Waals surface area contributed by atoms with Crippen LogP contribution in [0.1, 0.15) is 29.2 Å². The van der Waals surface area contributed by atoms with Gasteiger partial charge in [0.15, 0.2) is 0 Å². The van der Waals surface area contributed by atoms with E-state index in [0.717, 1.165) is 12.8 Å². The molecule has 1 nitrogen and oxygen atoms in total. The molecule has 45 heavy (non-hydrogen) atoms. The summed E-state index contributed by atoms with van der Waals surface area (Å²) in [6.07, 6.45) is 16.1. The van der Waals surface area contributed by atoms with Crippen LogP contribution in [0, 0.1) is 0 Å². The van der Waals surface area contributed by atoms with Gasteiger partial charge in [-0.3, -0.25) is 0 Å². The maximum atomic E-state index is 2.50. The van der Waals surface area contributed by atoms with Crippen molar-refractivity contribution in [3.8, 4) is 5.69 Å². The van der Waals surface area contributed by atoms with Gasteiger partial charge in [-0.05, 0) is 84.6 Å². The van der Waals surface area contributed by atoms with Crippen LogP contribution in [0.15, 0.2) is 182 Å². The van der Waals surface area contributed by atoms with Gasteiger partial charge in [0.1, 0.15) is 0 Å². The van der Waals surface area contributed by atoms with Crippen molar-refractivity contribution in [2.45, 2.75) is 48.5 Å². The zero-order valence-corrected chi connectivity index (χ0v) is 26.6. The number of nitrogens with zero attached hydrogens (tertiary/aromatic N) is 1. The third kappa shape index (κ3) is 4.11. The molecule has 0 radical (unpaired) electrons. The second kappa shape index (κ2) is 10.9. The molecule has 2 aliphatic carbocycles. The van der Waals surface area contributed by atoms with Gasteiger partial charge in [-0.1, -0.05) is 103 Å². The van der Waals surface area contributed by atoms with Crippen LogP contribution < -0.4 is 0 Å². The fraction of sp³-hybridized carbons (Fsp3) is 0.0952. The monoisotopic (exact) mass is 615 g/mol. The summed E-state index contributed by atoms with van der Waals surface area (Å²) in [4.78, 5) is 6.97. The van der Waals surface area contributed by atoms with Gasteiger partial charge in [0.05, 0.1) is 5.52 Å². The van der Waals surface area contributed by atoms with E-state index < -0.39 is 10.0 Å². The molecule has 0 N–H and O–H groups in total. The van der Waals surface area contributed by atoms with Gasteiger partial charge < -0.3 is 4.57 Å². The molecule has 1 aliphatic heterocycles. The molecule has 0 saturated carbocycles. The lowest BCUT2D eigenvalue weighted by molar-refractivity contribution is 0.873. The van der Waals surface area contributed by atoms with Crippen LogP contribution in [0.4, 0.5) is 0 Å². The Morgan fingerprint density at radius 3 is 2.20 bits per heavy atom. The average Bonchev–Trinajstić information content (AvgIpc) is 3.66. The molecule has 2 heterocycles. The summed E-state index contributed by atoms with van der Waals surface area (Å²) < 4.78 is 2.50. The summed E-state index contributed by atoms with van der Waals surface area (Å²) in [6, 6.07) is 48.1. The second-order valence-electron chi connectivity index (χ2n) is 11.9. The van der Waals surface area contributed by atoms with E-state index in [9.17, 15) is 0 Å². The fourth-order valence-corrected chi connectivity index (χ4v) is 13.4. The Hall–Kier alpha value is -4.44. The molecule has 6 aromatic rings. The molecule has 0 fully saturated rings. The third-order valence-electron chi connectivity index (χ3n) is 9.52. The lowest BCUT2D eigenvalue weighted by Crippen LogP contribution is -2.08. The zero-order chi connectivity index (χ0) is 29.8. The minimum Gasteiger partial charge on any atom is -0.310 e. The Morgan fingerprint density at radius 2 is 1.38 bits per heavy atom. The van der Waals surface area contributed by atoms with Crippen LogP contribution in [0.3, 0.4) is 0 Å². The Bertz CT molecular complexity index is 2110. The van der Waals surface area contributed by atoms with Crippen molar-refractivity contribution >= 4 is 38.8 Å². The molecule has 0 amide bonds. The number of aromatic nitrogens is 1. The Balaban J connectivity index is 1.36. The summed E-state index contributed by atoms with van der Waals surface area (Å²) >= 11 is 2.05. The number of allylic oxidation sites excluding steroid dienone is 4. The van der Waals surface area contributed by atoms with Crippen LogP contribution in [-0.2, 0) is 6.42 Å². The fourth-order valence-electron chi connectivity index (χ4n) is 7.60. The lowest BCUT2D eigenvalue weighted by Gasteiger charge is -2.43. The van der Waals surface area contributed by atoms with Crippen molar-refractivity contribution in [3.05, 3.63) is 175 Å². The average molecular weight is 616 g/mol. The van der Waals surface area contributed by atoms with Crippen molar-refractivity contribution in [2.24, 2.45) is 0 Å². The number of fused-ring (bicyclic) bond motifs is 6. The highest BCUT2D eigenvalue weighted by atomic mass is 32.3. The first-order valence-electron chi connectivity index (χ1n) is 15.8. The molecule has 1 aromatic heterocycles. The number of para-hydroxylation sites is 1. The van der Waals surface area contributed by atoms with E-state index in [0.29, 0.717) is 11.2 Å². The van der Waals surface area contributed by atoms with Gasteiger partial charge in [0.25, 0.3) is 0 Å². The van der Waals surface area contributed by atoms with Crippen molar-refractivity contribution in [1.29, 1.82) is 0 Å². The molecular formula is C42H33NS2. The Morgan fingerprint density at radius 1 is 0.667 bits per heavy atom. The molecular weight excluding hydrogens is 583 g/mol.